The molecule has 0 bridgehead atoms. The van der Waals surface area contributed by atoms with E-state index in [9.17, 15) is 14.0 Å². The fourth-order valence-corrected chi connectivity index (χ4v) is 3.57. The van der Waals surface area contributed by atoms with E-state index in [1.807, 2.05) is 18.2 Å². The smallest absolute Gasteiger partial charge is 0.273 e. The van der Waals surface area contributed by atoms with Crippen molar-refractivity contribution in [2.75, 3.05) is 13.7 Å². The van der Waals surface area contributed by atoms with E-state index in [4.69, 9.17) is 9.47 Å². The number of hydrogen-bond acceptors (Lipinski definition) is 7. The summed E-state index contributed by atoms with van der Waals surface area (Å²) in [6.07, 6.45) is 2.61. The molecule has 0 saturated carbocycles. The second kappa shape index (κ2) is 12.4. The number of carbonyl (C=O) groups is 1. The lowest BCUT2D eigenvalue weighted by Crippen LogP contribution is -2.27. The van der Waals surface area contributed by atoms with Gasteiger partial charge in [0.15, 0.2) is 17.3 Å². The molecule has 0 unspecified atom stereocenters. The van der Waals surface area contributed by atoms with Crippen LogP contribution in [0.5, 0.6) is 11.5 Å². The van der Waals surface area contributed by atoms with E-state index in [-0.39, 0.29) is 42.7 Å². The van der Waals surface area contributed by atoms with Gasteiger partial charge in [-0.2, -0.15) is 0 Å². The van der Waals surface area contributed by atoms with Crippen molar-refractivity contribution in [2.45, 2.75) is 25.9 Å². The summed E-state index contributed by atoms with van der Waals surface area (Å²) in [6.45, 7) is 0.621. The molecule has 0 aliphatic heterocycles. The molecule has 1 amide bonds. The molecular weight excluding hydrogens is 477 g/mol. The topological polar surface area (TPSA) is 119 Å². The van der Waals surface area contributed by atoms with Gasteiger partial charge < -0.3 is 19.8 Å². The van der Waals surface area contributed by atoms with Crippen molar-refractivity contribution in [1.29, 1.82) is 0 Å². The first-order chi connectivity index (χ1) is 18.0. The van der Waals surface area contributed by atoms with Gasteiger partial charge in [-0.05, 0) is 48.0 Å². The quantitative estimate of drug-likeness (QED) is 0.323. The van der Waals surface area contributed by atoms with E-state index >= 15 is 0 Å². The second-order valence-corrected chi connectivity index (χ2v) is 8.15. The number of H-pyrrole nitrogens is 1. The number of nitrogens with zero attached hydrogens (tertiary/aromatic N) is 3. The lowest BCUT2D eigenvalue weighted by atomic mass is 10.2. The summed E-state index contributed by atoms with van der Waals surface area (Å²) in [4.78, 5) is 31.6. The summed E-state index contributed by atoms with van der Waals surface area (Å²) in [5.74, 6) is 0.610. The Labute approximate surface area is 212 Å². The van der Waals surface area contributed by atoms with E-state index in [2.05, 4.69) is 25.5 Å². The van der Waals surface area contributed by atoms with Gasteiger partial charge in [-0.15, -0.1) is 10.2 Å². The van der Waals surface area contributed by atoms with Crippen molar-refractivity contribution in [1.82, 2.24) is 25.5 Å². The number of hydrogen-bond donors (Lipinski definition) is 2. The highest BCUT2D eigenvalue weighted by molar-refractivity contribution is 5.76. The van der Waals surface area contributed by atoms with Crippen molar-refractivity contribution in [3.8, 4) is 22.9 Å². The molecular formula is C27H26FN5O4. The first kappa shape index (κ1) is 25.5. The van der Waals surface area contributed by atoms with E-state index in [1.54, 1.807) is 36.5 Å². The third-order valence-electron chi connectivity index (χ3n) is 5.50. The van der Waals surface area contributed by atoms with Crippen molar-refractivity contribution in [3.63, 3.8) is 0 Å². The second-order valence-electron chi connectivity index (χ2n) is 8.15. The number of aromatic nitrogens is 4. The van der Waals surface area contributed by atoms with Gasteiger partial charge >= 0.3 is 0 Å². The molecule has 190 valence electrons. The standard InChI is InChI=1S/C27H26FN5O4/c1-36-24-16-19(8-10-23(24)37-17-18-5-4-6-20(28)15-18)26-31-27(35)22(32-33-26)9-11-25(34)30-14-12-21-7-2-3-13-29-21/h2-8,10,13,15-16H,9,11-12,14,17H2,1H3,(H,30,34)(H,31,33,35). The third kappa shape index (κ3) is 7.20. The molecule has 0 fully saturated rings. The maximum absolute atomic E-state index is 13.4. The predicted molar refractivity (Wildman–Crippen MR) is 135 cm³/mol. The van der Waals surface area contributed by atoms with Gasteiger partial charge in [0, 0.05) is 43.3 Å². The third-order valence-corrected chi connectivity index (χ3v) is 5.50. The number of aryl methyl sites for hydroxylation is 1. The maximum Gasteiger partial charge on any atom is 0.273 e. The van der Waals surface area contributed by atoms with Crippen LogP contribution in [-0.2, 0) is 24.2 Å². The first-order valence-electron chi connectivity index (χ1n) is 11.7. The lowest BCUT2D eigenvalue weighted by molar-refractivity contribution is -0.121. The van der Waals surface area contributed by atoms with Gasteiger partial charge in [0.1, 0.15) is 18.1 Å². The number of carbonyl (C=O) groups excluding carboxylic acids is 1. The van der Waals surface area contributed by atoms with Gasteiger partial charge in [0.2, 0.25) is 5.91 Å². The normalized spacial score (nSPS) is 10.6. The van der Waals surface area contributed by atoms with Crippen LogP contribution in [0.3, 0.4) is 0 Å². The van der Waals surface area contributed by atoms with Crippen molar-refractivity contribution >= 4 is 5.91 Å². The summed E-state index contributed by atoms with van der Waals surface area (Å²) in [6, 6.07) is 16.8. The van der Waals surface area contributed by atoms with Crippen LogP contribution in [0.2, 0.25) is 0 Å². The molecule has 0 spiro atoms. The number of ether oxygens (including phenoxy) is 2. The number of nitrogens with one attached hydrogen (secondary N) is 2. The fraction of sp³-hybridized carbons (Fsp3) is 0.222. The Morgan fingerprint density at radius 2 is 1.92 bits per heavy atom. The molecule has 0 atom stereocenters. The molecule has 0 saturated heterocycles. The zero-order chi connectivity index (χ0) is 26.0. The number of rotatable bonds is 11. The highest BCUT2D eigenvalue weighted by Gasteiger charge is 2.13. The maximum atomic E-state index is 13.4. The molecule has 0 aliphatic rings. The van der Waals surface area contributed by atoms with E-state index in [0.717, 1.165) is 5.69 Å². The Balaban J connectivity index is 1.34. The predicted octanol–water partition coefficient (Wildman–Crippen LogP) is 3.25. The van der Waals surface area contributed by atoms with Crippen LogP contribution in [0, 0.1) is 5.82 Å². The SMILES string of the molecule is COc1cc(-c2nnc(CCC(=O)NCCc3ccccn3)c(=O)[nH]2)ccc1OCc1cccc(F)c1. The minimum absolute atomic E-state index is 0.116. The van der Waals surface area contributed by atoms with E-state index in [1.165, 1.54) is 19.2 Å². The Morgan fingerprint density at radius 1 is 1.03 bits per heavy atom. The molecule has 0 radical (unpaired) electrons. The van der Waals surface area contributed by atoms with Gasteiger partial charge in [0.05, 0.1) is 7.11 Å². The zero-order valence-corrected chi connectivity index (χ0v) is 20.2. The van der Waals surface area contributed by atoms with Crippen molar-refractivity contribution in [2.24, 2.45) is 0 Å². The summed E-state index contributed by atoms with van der Waals surface area (Å²) < 4.78 is 24.6. The molecule has 2 N–H and O–H groups in total. The number of pyridine rings is 1. The summed E-state index contributed by atoms with van der Waals surface area (Å²) in [7, 11) is 1.49. The van der Waals surface area contributed by atoms with Crippen LogP contribution in [0.4, 0.5) is 4.39 Å². The van der Waals surface area contributed by atoms with Crippen LogP contribution in [0.1, 0.15) is 23.4 Å². The van der Waals surface area contributed by atoms with Gasteiger partial charge in [-0.3, -0.25) is 14.6 Å². The molecule has 2 heterocycles. The average Bonchev–Trinajstić information content (AvgIpc) is 2.92. The van der Waals surface area contributed by atoms with E-state index < -0.39 is 5.56 Å². The fourth-order valence-electron chi connectivity index (χ4n) is 3.57. The summed E-state index contributed by atoms with van der Waals surface area (Å²) >= 11 is 0. The van der Waals surface area contributed by atoms with Gasteiger partial charge in [-0.25, -0.2) is 4.39 Å². The zero-order valence-electron chi connectivity index (χ0n) is 20.2. The van der Waals surface area contributed by atoms with E-state index in [0.29, 0.717) is 35.6 Å². The number of aromatic amines is 1. The van der Waals surface area contributed by atoms with Crippen LogP contribution < -0.4 is 20.3 Å². The van der Waals surface area contributed by atoms with Crippen molar-refractivity contribution < 1.29 is 18.7 Å². The Kier molecular flexibility index (Phi) is 8.53. The number of halogens is 1. The van der Waals surface area contributed by atoms with Crippen LogP contribution in [0.15, 0.2) is 71.7 Å². The summed E-state index contributed by atoms with van der Waals surface area (Å²) in [5.41, 5.74) is 1.89. The highest BCUT2D eigenvalue weighted by atomic mass is 19.1. The number of methoxy groups -OCH3 is 1. The van der Waals surface area contributed by atoms with Crippen molar-refractivity contribution in [3.05, 3.63) is 100.0 Å². The molecule has 2 aromatic heterocycles. The number of benzene rings is 2. The minimum atomic E-state index is -0.420. The Morgan fingerprint density at radius 3 is 2.68 bits per heavy atom. The van der Waals surface area contributed by atoms with Crippen LogP contribution >= 0.6 is 0 Å². The molecule has 2 aromatic carbocycles. The average molecular weight is 504 g/mol. The van der Waals surface area contributed by atoms with Crippen LogP contribution in [-0.4, -0.2) is 39.7 Å². The Hall–Kier alpha value is -4.60. The van der Waals surface area contributed by atoms with Crippen LogP contribution in [0.25, 0.3) is 11.4 Å². The minimum Gasteiger partial charge on any atom is -0.493 e. The molecule has 4 aromatic rings. The monoisotopic (exact) mass is 503 g/mol. The largest absolute Gasteiger partial charge is 0.493 e. The van der Waals surface area contributed by atoms with Gasteiger partial charge in [0.25, 0.3) is 5.56 Å². The Bertz CT molecular complexity index is 1410. The number of amides is 1. The molecule has 10 heteroatoms. The molecule has 9 nitrogen and oxygen atoms in total. The first-order valence-corrected chi connectivity index (χ1v) is 11.7. The highest BCUT2D eigenvalue weighted by Crippen LogP contribution is 2.31. The summed E-state index contributed by atoms with van der Waals surface area (Å²) in [5, 5.41) is 11.0. The molecule has 0 aliphatic carbocycles. The van der Waals surface area contributed by atoms with Gasteiger partial charge in [-0.1, -0.05) is 18.2 Å². The lowest BCUT2D eigenvalue weighted by Gasteiger charge is -2.12. The molecule has 4 rings (SSSR count). The molecule has 37 heavy (non-hydrogen) atoms.